The molecule has 0 bridgehead atoms. The molecule has 1 rings (SSSR count). The van der Waals surface area contributed by atoms with Crippen molar-refractivity contribution >= 4 is 17.8 Å². The Morgan fingerprint density at radius 3 is 2.79 bits per heavy atom. The maximum absolute atomic E-state index is 9.54. The van der Waals surface area contributed by atoms with Crippen LogP contribution < -0.4 is 5.73 Å². The summed E-state index contributed by atoms with van der Waals surface area (Å²) < 4.78 is 0. The summed E-state index contributed by atoms with van der Waals surface area (Å²) in [4.78, 5) is 1.16. The van der Waals surface area contributed by atoms with E-state index in [4.69, 9.17) is 5.73 Å². The first-order chi connectivity index (χ1) is 6.69. The lowest BCUT2D eigenvalue weighted by Crippen LogP contribution is -1.92. The molecule has 0 unspecified atom stereocenters. The number of rotatable bonds is 3. The van der Waals surface area contributed by atoms with Gasteiger partial charge in [0.25, 0.3) is 0 Å². The molecule has 0 saturated carbocycles. The molecule has 0 radical (unpaired) electrons. The molecule has 14 heavy (non-hydrogen) atoms. The second-order valence-corrected chi connectivity index (χ2v) is 3.87. The fourth-order valence-corrected chi connectivity index (χ4v) is 1.85. The van der Waals surface area contributed by atoms with E-state index in [0.29, 0.717) is 12.3 Å². The summed E-state index contributed by atoms with van der Waals surface area (Å²) in [6.45, 7) is 2.41. The standard InChI is InChI=1S/C11H15NOS/c1-8-6-11(14-2)9(4-3-5-12)7-10(8)13/h3-4,6-7,13H,5,12H2,1-2H3/b4-3+. The molecule has 0 aliphatic rings. The fourth-order valence-electron chi connectivity index (χ4n) is 1.19. The minimum absolute atomic E-state index is 0.333. The molecule has 3 heteroatoms. The van der Waals surface area contributed by atoms with Crippen molar-refractivity contribution in [1.29, 1.82) is 0 Å². The van der Waals surface area contributed by atoms with Crippen LogP contribution in [-0.2, 0) is 0 Å². The van der Waals surface area contributed by atoms with Gasteiger partial charge in [-0.15, -0.1) is 11.8 Å². The molecule has 3 N–H and O–H groups in total. The molecule has 76 valence electrons. The number of hydrogen-bond donors (Lipinski definition) is 2. The van der Waals surface area contributed by atoms with Gasteiger partial charge >= 0.3 is 0 Å². The van der Waals surface area contributed by atoms with E-state index in [0.717, 1.165) is 16.0 Å². The molecule has 0 aliphatic heterocycles. The van der Waals surface area contributed by atoms with Crippen LogP contribution in [0.2, 0.25) is 0 Å². The largest absolute Gasteiger partial charge is 0.508 e. The average Bonchev–Trinajstić information content (AvgIpc) is 2.19. The van der Waals surface area contributed by atoms with E-state index >= 15 is 0 Å². The molecule has 0 aliphatic carbocycles. The van der Waals surface area contributed by atoms with Gasteiger partial charge in [-0.3, -0.25) is 0 Å². The fraction of sp³-hybridized carbons (Fsp3) is 0.273. The Hall–Kier alpha value is -0.930. The molecule has 0 amide bonds. The Bertz CT molecular complexity index is 347. The highest BCUT2D eigenvalue weighted by Crippen LogP contribution is 2.28. The third-order valence-electron chi connectivity index (χ3n) is 1.98. The van der Waals surface area contributed by atoms with E-state index < -0.39 is 0 Å². The Balaban J connectivity index is 3.13. The van der Waals surface area contributed by atoms with E-state index in [-0.39, 0.29) is 0 Å². The lowest BCUT2D eigenvalue weighted by atomic mass is 10.1. The van der Waals surface area contributed by atoms with Gasteiger partial charge in [0.15, 0.2) is 0 Å². The number of aromatic hydroxyl groups is 1. The third-order valence-corrected chi connectivity index (χ3v) is 2.78. The van der Waals surface area contributed by atoms with Gasteiger partial charge in [0.1, 0.15) is 5.75 Å². The predicted octanol–water partition coefficient (Wildman–Crippen LogP) is 2.39. The molecule has 0 heterocycles. The van der Waals surface area contributed by atoms with Gasteiger partial charge in [-0.1, -0.05) is 12.2 Å². The highest BCUT2D eigenvalue weighted by Gasteiger charge is 2.03. The van der Waals surface area contributed by atoms with Gasteiger partial charge in [0.05, 0.1) is 0 Å². The van der Waals surface area contributed by atoms with Crippen LogP contribution in [0.5, 0.6) is 5.75 Å². The Labute approximate surface area is 88.8 Å². The maximum Gasteiger partial charge on any atom is 0.119 e. The Morgan fingerprint density at radius 2 is 2.21 bits per heavy atom. The van der Waals surface area contributed by atoms with Crippen LogP contribution in [0.4, 0.5) is 0 Å². The maximum atomic E-state index is 9.54. The van der Waals surface area contributed by atoms with Crippen LogP contribution >= 0.6 is 11.8 Å². The van der Waals surface area contributed by atoms with Crippen molar-refractivity contribution in [3.8, 4) is 5.75 Å². The van der Waals surface area contributed by atoms with Gasteiger partial charge in [-0.2, -0.15) is 0 Å². The monoisotopic (exact) mass is 209 g/mol. The van der Waals surface area contributed by atoms with Gasteiger partial charge in [-0.05, 0) is 36.4 Å². The second kappa shape index (κ2) is 5.08. The van der Waals surface area contributed by atoms with E-state index in [9.17, 15) is 5.11 Å². The second-order valence-electron chi connectivity index (χ2n) is 3.02. The first kappa shape index (κ1) is 11.1. The predicted molar refractivity (Wildman–Crippen MR) is 62.7 cm³/mol. The van der Waals surface area contributed by atoms with Gasteiger partial charge in [-0.25, -0.2) is 0 Å². The molecule has 0 saturated heterocycles. The third kappa shape index (κ3) is 2.53. The zero-order chi connectivity index (χ0) is 10.6. The summed E-state index contributed by atoms with van der Waals surface area (Å²) in [6.07, 6.45) is 5.83. The van der Waals surface area contributed by atoms with Crippen molar-refractivity contribution in [2.75, 3.05) is 12.8 Å². The lowest BCUT2D eigenvalue weighted by molar-refractivity contribution is 0.470. The molecule has 0 atom stereocenters. The van der Waals surface area contributed by atoms with Crippen LogP contribution in [0.3, 0.4) is 0 Å². The van der Waals surface area contributed by atoms with E-state index in [2.05, 4.69) is 0 Å². The van der Waals surface area contributed by atoms with Gasteiger partial charge in [0.2, 0.25) is 0 Å². The number of nitrogens with two attached hydrogens (primary N) is 1. The van der Waals surface area contributed by atoms with Crippen molar-refractivity contribution < 1.29 is 5.11 Å². The summed E-state index contributed by atoms with van der Waals surface area (Å²) in [6, 6.07) is 3.75. The zero-order valence-corrected chi connectivity index (χ0v) is 9.27. The zero-order valence-electron chi connectivity index (χ0n) is 8.45. The molecule has 0 spiro atoms. The van der Waals surface area contributed by atoms with E-state index in [1.54, 1.807) is 17.8 Å². The number of aryl methyl sites for hydroxylation is 1. The first-order valence-electron chi connectivity index (χ1n) is 4.43. The number of phenols is 1. The van der Waals surface area contributed by atoms with Crippen molar-refractivity contribution in [2.45, 2.75) is 11.8 Å². The van der Waals surface area contributed by atoms with Crippen molar-refractivity contribution in [3.05, 3.63) is 29.3 Å². The molecule has 1 aromatic carbocycles. The van der Waals surface area contributed by atoms with Gasteiger partial charge in [0, 0.05) is 11.4 Å². The van der Waals surface area contributed by atoms with Crippen LogP contribution in [0.15, 0.2) is 23.1 Å². The lowest BCUT2D eigenvalue weighted by Gasteiger charge is -2.06. The molecular formula is C11H15NOS. The number of thioether (sulfide) groups is 1. The highest BCUT2D eigenvalue weighted by molar-refractivity contribution is 7.98. The quantitative estimate of drug-likeness (QED) is 0.751. The summed E-state index contributed by atoms with van der Waals surface area (Å²) in [5.74, 6) is 0.333. The average molecular weight is 209 g/mol. The SMILES string of the molecule is CSc1cc(C)c(O)cc1/C=C/CN. The normalized spacial score (nSPS) is 11.1. The number of phenolic OH excluding ortho intramolecular Hbond substituents is 1. The molecule has 1 aromatic rings. The van der Waals surface area contributed by atoms with E-state index in [1.807, 2.05) is 31.4 Å². The molecule has 0 aromatic heterocycles. The molecule has 0 fully saturated rings. The topological polar surface area (TPSA) is 46.2 Å². The van der Waals surface area contributed by atoms with E-state index in [1.165, 1.54) is 0 Å². The summed E-state index contributed by atoms with van der Waals surface area (Å²) >= 11 is 1.67. The smallest absolute Gasteiger partial charge is 0.119 e. The Morgan fingerprint density at radius 1 is 1.50 bits per heavy atom. The van der Waals surface area contributed by atoms with Crippen molar-refractivity contribution in [2.24, 2.45) is 5.73 Å². The van der Waals surface area contributed by atoms with Crippen LogP contribution in [0, 0.1) is 6.92 Å². The van der Waals surface area contributed by atoms with Gasteiger partial charge < -0.3 is 10.8 Å². The highest BCUT2D eigenvalue weighted by atomic mass is 32.2. The summed E-state index contributed by atoms with van der Waals surface area (Å²) in [5, 5.41) is 9.54. The van der Waals surface area contributed by atoms with Crippen LogP contribution in [-0.4, -0.2) is 17.9 Å². The number of benzene rings is 1. The van der Waals surface area contributed by atoms with Crippen molar-refractivity contribution in [1.82, 2.24) is 0 Å². The molecular weight excluding hydrogens is 194 g/mol. The summed E-state index contributed by atoms with van der Waals surface area (Å²) in [5.41, 5.74) is 7.30. The first-order valence-corrected chi connectivity index (χ1v) is 5.65. The van der Waals surface area contributed by atoms with Crippen LogP contribution in [0.25, 0.3) is 6.08 Å². The van der Waals surface area contributed by atoms with Crippen molar-refractivity contribution in [3.63, 3.8) is 0 Å². The Kier molecular flexibility index (Phi) is 4.04. The summed E-state index contributed by atoms with van der Waals surface area (Å²) in [7, 11) is 0. The minimum atomic E-state index is 0.333. The molecule has 2 nitrogen and oxygen atoms in total. The number of hydrogen-bond acceptors (Lipinski definition) is 3. The minimum Gasteiger partial charge on any atom is -0.508 e. The van der Waals surface area contributed by atoms with Crippen LogP contribution in [0.1, 0.15) is 11.1 Å².